The van der Waals surface area contributed by atoms with Crippen LogP contribution in [0.1, 0.15) is 95.7 Å². The molecule has 0 aliphatic heterocycles. The molecule has 29 heavy (non-hydrogen) atoms. The Morgan fingerprint density at radius 1 is 1.03 bits per heavy atom. The Hall–Kier alpha value is -1.75. The Morgan fingerprint density at radius 2 is 1.69 bits per heavy atom. The molecule has 0 amide bonds. The minimum absolute atomic E-state index is 0.0835. The first-order chi connectivity index (χ1) is 14.0. The molecular formula is C24H35NO4. The van der Waals surface area contributed by atoms with Crippen LogP contribution in [0, 0.1) is 5.41 Å². The van der Waals surface area contributed by atoms with Crippen LogP contribution < -0.4 is 5.56 Å². The van der Waals surface area contributed by atoms with Crippen molar-refractivity contribution in [3.63, 3.8) is 0 Å². The van der Waals surface area contributed by atoms with E-state index >= 15 is 0 Å². The van der Waals surface area contributed by atoms with Crippen molar-refractivity contribution in [1.82, 2.24) is 5.16 Å². The molecule has 2 fully saturated rings. The molecule has 3 N–H and O–H groups in total. The van der Waals surface area contributed by atoms with Gasteiger partial charge in [0, 0.05) is 11.5 Å². The molecule has 1 atom stereocenters. The van der Waals surface area contributed by atoms with Crippen molar-refractivity contribution < 1.29 is 14.7 Å². The number of allylic oxidation sites excluding steroid dienone is 3. The van der Waals surface area contributed by atoms with Gasteiger partial charge in [-0.3, -0.25) is 4.79 Å². The van der Waals surface area contributed by atoms with E-state index in [0.717, 1.165) is 76.4 Å². The first-order valence-electron chi connectivity index (χ1n) is 11.5. The highest BCUT2D eigenvalue weighted by atomic mass is 16.5. The molecule has 0 spiro atoms. The number of aliphatic hydroxyl groups is 2. The van der Waals surface area contributed by atoms with Gasteiger partial charge in [-0.25, -0.2) is 0 Å². The van der Waals surface area contributed by atoms with Crippen molar-refractivity contribution in [2.75, 3.05) is 0 Å². The molecule has 3 aliphatic carbocycles. The van der Waals surface area contributed by atoms with Gasteiger partial charge in [0.2, 0.25) is 0 Å². The second-order valence-electron chi connectivity index (χ2n) is 9.62. The quantitative estimate of drug-likeness (QED) is 0.408. The second kappa shape index (κ2) is 8.55. The zero-order chi connectivity index (χ0) is 20.3. The van der Waals surface area contributed by atoms with Gasteiger partial charge in [-0.2, -0.15) is 5.16 Å². The largest absolute Gasteiger partial charge is 0.508 e. The number of unbranched alkanes of at least 4 members (excludes halogenated alkanes) is 2. The van der Waals surface area contributed by atoms with Crippen molar-refractivity contribution in [1.29, 1.82) is 0 Å². The van der Waals surface area contributed by atoms with E-state index in [2.05, 4.69) is 5.16 Å². The number of hydrogen-bond donors (Lipinski definition) is 3. The van der Waals surface area contributed by atoms with E-state index in [0.29, 0.717) is 11.2 Å². The second-order valence-corrected chi connectivity index (χ2v) is 9.62. The average Bonchev–Trinajstić information content (AvgIpc) is 3.62. The predicted molar refractivity (Wildman–Crippen MR) is 113 cm³/mol. The lowest BCUT2D eigenvalue weighted by Gasteiger charge is -2.22. The lowest BCUT2D eigenvalue weighted by atomic mass is 9.84. The fraction of sp³-hybridized carbons (Fsp3) is 0.708. The van der Waals surface area contributed by atoms with Gasteiger partial charge in [0.1, 0.15) is 11.5 Å². The molecule has 0 radical (unpaired) electrons. The Kier molecular flexibility index (Phi) is 6.05. The first kappa shape index (κ1) is 20.5. The van der Waals surface area contributed by atoms with Crippen LogP contribution in [-0.2, 0) is 5.41 Å². The van der Waals surface area contributed by atoms with E-state index in [9.17, 15) is 15.0 Å². The molecule has 3 aliphatic rings. The molecule has 5 nitrogen and oxygen atoms in total. The van der Waals surface area contributed by atoms with Crippen molar-refractivity contribution in [2.45, 2.75) is 101 Å². The van der Waals surface area contributed by atoms with Gasteiger partial charge < -0.3 is 14.7 Å². The fourth-order valence-corrected chi connectivity index (χ4v) is 5.13. The van der Waals surface area contributed by atoms with E-state index in [4.69, 9.17) is 4.52 Å². The van der Waals surface area contributed by atoms with Gasteiger partial charge in [0.05, 0.1) is 6.10 Å². The van der Waals surface area contributed by atoms with Gasteiger partial charge in [-0.15, -0.1) is 0 Å². The summed E-state index contributed by atoms with van der Waals surface area (Å²) < 4.78 is 5.31. The lowest BCUT2D eigenvalue weighted by molar-refractivity contribution is 0.146. The SMILES string of the molecule is O=c1cc(C2(CCCCC(O)CCCCC3(C4=CC(O)=CCC4)CC3)CC2)o[nH]1. The fourth-order valence-electron chi connectivity index (χ4n) is 5.13. The number of nitrogens with one attached hydrogen (secondary N) is 1. The normalized spacial score (nSPS) is 22.7. The maximum absolute atomic E-state index is 11.3. The summed E-state index contributed by atoms with van der Waals surface area (Å²) in [5.41, 5.74) is 1.74. The maximum Gasteiger partial charge on any atom is 0.280 e. The summed E-state index contributed by atoms with van der Waals surface area (Å²) >= 11 is 0. The Bertz CT molecular complexity index is 807. The first-order valence-corrected chi connectivity index (χ1v) is 11.5. The Balaban J connectivity index is 1.09. The molecule has 1 aromatic rings. The summed E-state index contributed by atoms with van der Waals surface area (Å²) in [4.78, 5) is 11.3. The van der Waals surface area contributed by atoms with Crippen molar-refractivity contribution in [2.24, 2.45) is 5.41 Å². The summed E-state index contributed by atoms with van der Waals surface area (Å²) in [5.74, 6) is 1.26. The summed E-state index contributed by atoms with van der Waals surface area (Å²) in [6, 6.07) is 1.59. The van der Waals surface area contributed by atoms with E-state index < -0.39 is 0 Å². The van der Waals surface area contributed by atoms with Crippen LogP contribution in [0.4, 0.5) is 0 Å². The minimum atomic E-state index is -0.202. The smallest absolute Gasteiger partial charge is 0.280 e. The minimum Gasteiger partial charge on any atom is -0.508 e. The molecule has 1 aromatic heterocycles. The van der Waals surface area contributed by atoms with Crippen LogP contribution in [0.3, 0.4) is 0 Å². The Labute approximate surface area is 172 Å². The van der Waals surface area contributed by atoms with E-state index in [1.807, 2.05) is 12.2 Å². The van der Waals surface area contributed by atoms with Crippen LogP contribution in [0.5, 0.6) is 0 Å². The third kappa shape index (κ3) is 5.06. The van der Waals surface area contributed by atoms with Gasteiger partial charge >= 0.3 is 0 Å². The molecule has 1 unspecified atom stereocenters. The van der Waals surface area contributed by atoms with Crippen LogP contribution in [0.25, 0.3) is 0 Å². The lowest BCUT2D eigenvalue weighted by Crippen LogP contribution is -2.10. The van der Waals surface area contributed by atoms with Crippen LogP contribution in [0.15, 0.2) is 38.9 Å². The molecular weight excluding hydrogens is 366 g/mol. The monoisotopic (exact) mass is 401 g/mol. The third-order valence-electron chi connectivity index (χ3n) is 7.41. The molecule has 2 saturated carbocycles. The van der Waals surface area contributed by atoms with Crippen molar-refractivity contribution in [3.05, 3.63) is 45.7 Å². The molecule has 5 heteroatoms. The van der Waals surface area contributed by atoms with Gasteiger partial charge in [-0.1, -0.05) is 31.3 Å². The third-order valence-corrected chi connectivity index (χ3v) is 7.41. The number of H-pyrrole nitrogens is 1. The summed E-state index contributed by atoms with van der Waals surface area (Å²) in [6.07, 6.45) is 18.8. The zero-order valence-corrected chi connectivity index (χ0v) is 17.4. The zero-order valence-electron chi connectivity index (χ0n) is 17.4. The number of rotatable bonds is 12. The number of aromatic nitrogens is 1. The average molecular weight is 402 g/mol. The van der Waals surface area contributed by atoms with Gasteiger partial charge in [-0.05, 0) is 81.8 Å². The van der Waals surface area contributed by atoms with Crippen LogP contribution >= 0.6 is 0 Å². The highest BCUT2D eigenvalue weighted by Gasteiger charge is 2.47. The molecule has 0 aromatic carbocycles. The molecule has 0 bridgehead atoms. The van der Waals surface area contributed by atoms with Gasteiger partial charge in [0.15, 0.2) is 0 Å². The van der Waals surface area contributed by atoms with Crippen LogP contribution in [-0.4, -0.2) is 21.5 Å². The topological polar surface area (TPSA) is 86.5 Å². The summed E-state index contributed by atoms with van der Waals surface area (Å²) in [6.45, 7) is 0. The summed E-state index contributed by atoms with van der Waals surface area (Å²) in [5, 5.41) is 22.5. The van der Waals surface area contributed by atoms with Crippen LogP contribution in [0.2, 0.25) is 0 Å². The van der Waals surface area contributed by atoms with Gasteiger partial charge in [0.25, 0.3) is 5.56 Å². The van der Waals surface area contributed by atoms with E-state index in [1.165, 1.54) is 24.8 Å². The molecule has 1 heterocycles. The van der Waals surface area contributed by atoms with Crippen molar-refractivity contribution >= 4 is 0 Å². The molecule has 0 saturated heterocycles. The number of hydrogen-bond acceptors (Lipinski definition) is 4. The van der Waals surface area contributed by atoms with E-state index in [-0.39, 0.29) is 17.1 Å². The standard InChI is InChI=1S/C24H35NO4/c26-19(8-2-4-11-24(14-15-24)21-17-22(28)25-29-21)7-1-3-10-23(12-13-23)18-6-5-9-20(27)16-18/h9,16-17,19,26-27H,1-8,10-15H2,(H,25,28). The Morgan fingerprint density at radius 3 is 2.24 bits per heavy atom. The maximum atomic E-state index is 11.3. The highest BCUT2D eigenvalue weighted by Crippen LogP contribution is 2.57. The predicted octanol–water partition coefficient (Wildman–Crippen LogP) is 5.42. The molecule has 4 rings (SSSR count). The number of aliphatic hydroxyl groups excluding tert-OH is 2. The van der Waals surface area contributed by atoms with Crippen molar-refractivity contribution in [3.8, 4) is 0 Å². The number of aromatic amines is 1. The van der Waals surface area contributed by atoms with E-state index in [1.54, 1.807) is 6.07 Å². The highest BCUT2D eigenvalue weighted by molar-refractivity contribution is 5.31. The molecule has 160 valence electrons. The summed E-state index contributed by atoms with van der Waals surface area (Å²) in [7, 11) is 0.